The Hall–Kier alpha value is -9.16. The number of nitrogens with zero attached hydrogens (tertiary/aromatic N) is 2. The van der Waals surface area contributed by atoms with Crippen LogP contribution >= 0.6 is 0 Å². The smallest absolute Gasteiger partial charge is 0.308 e. The van der Waals surface area contributed by atoms with E-state index in [0.29, 0.717) is 68.2 Å². The molecule has 0 heterocycles. The molecule has 8 aromatic carbocycles. The Morgan fingerprint density at radius 2 is 0.486 bits per heavy atom. The first-order chi connectivity index (χ1) is 35.1. The van der Waals surface area contributed by atoms with Gasteiger partial charge in [0.05, 0.1) is 23.7 Å². The minimum absolute atomic E-state index is 0.000593. The predicted octanol–water partition coefficient (Wildman–Crippen LogP) is 12.3. The van der Waals surface area contributed by atoms with Crippen LogP contribution in [0, 0.1) is 23.7 Å². The second-order valence-electron chi connectivity index (χ2n) is 17.4. The van der Waals surface area contributed by atoms with Crippen molar-refractivity contribution in [2.24, 2.45) is 23.7 Å². The molecule has 360 valence electrons. The van der Waals surface area contributed by atoms with Crippen molar-refractivity contribution in [3.63, 3.8) is 0 Å². The van der Waals surface area contributed by atoms with Gasteiger partial charge in [0.1, 0.15) is 46.0 Å². The van der Waals surface area contributed by atoms with Gasteiger partial charge in [-0.1, -0.05) is 121 Å². The topological polar surface area (TPSA) is 152 Å². The third-order valence-corrected chi connectivity index (χ3v) is 12.4. The number of hydrogen-bond donors (Lipinski definition) is 2. The van der Waals surface area contributed by atoms with Crippen LogP contribution in [0.3, 0.4) is 0 Å². The lowest BCUT2D eigenvalue weighted by molar-refractivity contribution is -0.188. The van der Waals surface area contributed by atoms with Crippen molar-refractivity contribution < 1.29 is 48.3 Å². The minimum atomic E-state index is -1.65. The maximum absolute atomic E-state index is 15.0. The second kappa shape index (κ2) is 22.5. The Morgan fingerprint density at radius 3 is 0.681 bits per heavy atom. The molecule has 8 aromatic rings. The molecule has 0 bridgehead atoms. The highest BCUT2D eigenvalue weighted by Crippen LogP contribution is 2.49. The molecule has 2 amide bonds. The van der Waals surface area contributed by atoms with E-state index >= 15 is 9.59 Å². The van der Waals surface area contributed by atoms with Gasteiger partial charge in [-0.3, -0.25) is 19.2 Å². The van der Waals surface area contributed by atoms with Gasteiger partial charge in [-0.05, 0) is 119 Å². The number of carboxylic acid groups (broad SMARTS) is 2. The first-order valence-corrected chi connectivity index (χ1v) is 23.4. The first kappa shape index (κ1) is 47.9. The summed E-state index contributed by atoms with van der Waals surface area (Å²) in [5.41, 5.74) is 2.74. The summed E-state index contributed by atoms with van der Waals surface area (Å²) in [5, 5.41) is 21.8. The number of amides is 2. The number of hydrogen-bond acceptors (Lipinski definition) is 8. The largest absolute Gasteiger partial charge is 0.481 e. The third-order valence-electron chi connectivity index (χ3n) is 12.4. The summed E-state index contributed by atoms with van der Waals surface area (Å²) >= 11 is 0. The van der Waals surface area contributed by atoms with E-state index < -0.39 is 47.4 Å². The minimum Gasteiger partial charge on any atom is -0.481 e. The fourth-order valence-corrected chi connectivity index (χ4v) is 8.85. The van der Waals surface area contributed by atoms with Crippen LogP contribution in [0.15, 0.2) is 218 Å². The van der Waals surface area contributed by atoms with Gasteiger partial charge in [0.25, 0.3) is 0 Å². The quantitative estimate of drug-likeness (QED) is 0.0755. The third kappa shape index (κ3) is 12.0. The lowest BCUT2D eigenvalue weighted by atomic mass is 9.55. The number of rotatable bonds is 20. The summed E-state index contributed by atoms with van der Waals surface area (Å²) in [7, 11) is 0. The lowest BCUT2D eigenvalue weighted by Crippen LogP contribution is -2.64. The Balaban J connectivity index is 0.990. The molecule has 0 spiro atoms. The predicted molar refractivity (Wildman–Crippen MR) is 270 cm³/mol. The zero-order valence-corrected chi connectivity index (χ0v) is 39.0. The van der Waals surface area contributed by atoms with Gasteiger partial charge in [0.2, 0.25) is 11.8 Å². The molecule has 12 heteroatoms. The van der Waals surface area contributed by atoms with E-state index in [2.05, 4.69) is 0 Å². The molecule has 1 aliphatic carbocycles. The summed E-state index contributed by atoms with van der Waals surface area (Å²) in [6.45, 7) is 0.00237. The summed E-state index contributed by atoms with van der Waals surface area (Å²) < 4.78 is 24.0. The van der Waals surface area contributed by atoms with E-state index in [4.69, 9.17) is 18.9 Å². The average Bonchev–Trinajstić information content (AvgIpc) is 3.39. The standard InChI is InChI=1S/C60H50N2O10/c63-57(61(37-41-21-29-49(30-22-41)69-45-13-5-1-6-14-45)38-42-23-31-50(32-24-42)70-46-15-7-2-8-16-46)53-55(59(65)66)54(56(53)60(67)68)58(64)62(39-43-25-33-51(34-26-43)71-47-17-9-3-10-18-47)40-44-27-35-52(36-28-44)72-48-19-11-4-12-20-48/h1-36,53-56H,37-40H2,(H,65,66)(H,67,68). The molecular weight excluding hydrogens is 909 g/mol. The SMILES string of the molecule is O=C(O)C1C(C(=O)N(Cc2ccc(Oc3ccccc3)cc2)Cc2ccc(Oc3ccccc3)cc2)C(C(=O)O)C1C(=O)N(Cc1ccc(Oc2ccccc2)cc1)Cc1ccc(Oc2ccccc2)cc1. The molecule has 0 atom stereocenters. The van der Waals surface area contributed by atoms with Crippen LogP contribution in [0.4, 0.5) is 0 Å². The van der Waals surface area contributed by atoms with E-state index in [1.807, 2.05) is 121 Å². The van der Waals surface area contributed by atoms with Gasteiger partial charge in [0, 0.05) is 26.2 Å². The van der Waals surface area contributed by atoms with Crippen molar-refractivity contribution in [1.29, 1.82) is 0 Å². The van der Waals surface area contributed by atoms with Gasteiger partial charge in [0.15, 0.2) is 0 Å². The highest BCUT2D eigenvalue weighted by molar-refractivity contribution is 5.99. The molecule has 72 heavy (non-hydrogen) atoms. The molecule has 12 nitrogen and oxygen atoms in total. The molecule has 1 fully saturated rings. The lowest BCUT2D eigenvalue weighted by Gasteiger charge is -2.48. The van der Waals surface area contributed by atoms with Gasteiger partial charge < -0.3 is 39.0 Å². The Morgan fingerprint density at radius 1 is 0.292 bits per heavy atom. The summed E-state index contributed by atoms with van der Waals surface area (Å²) in [6, 6.07) is 65.6. The Kier molecular flexibility index (Phi) is 15.0. The van der Waals surface area contributed by atoms with Crippen molar-refractivity contribution in [3.05, 3.63) is 241 Å². The molecule has 0 aliphatic heterocycles. The van der Waals surface area contributed by atoms with Gasteiger partial charge in [-0.15, -0.1) is 0 Å². The fraction of sp³-hybridized carbons (Fsp3) is 0.133. The number of carboxylic acids is 2. The van der Waals surface area contributed by atoms with Crippen LogP contribution in [0.5, 0.6) is 46.0 Å². The van der Waals surface area contributed by atoms with Crippen LogP contribution in [0.2, 0.25) is 0 Å². The van der Waals surface area contributed by atoms with Crippen molar-refractivity contribution in [1.82, 2.24) is 9.80 Å². The van der Waals surface area contributed by atoms with E-state index in [-0.39, 0.29) is 26.2 Å². The highest BCUT2D eigenvalue weighted by atomic mass is 16.5. The zero-order chi connectivity index (χ0) is 49.8. The number of ether oxygens (including phenoxy) is 4. The van der Waals surface area contributed by atoms with E-state index in [1.54, 1.807) is 97.1 Å². The molecule has 9 rings (SSSR count). The second-order valence-corrected chi connectivity index (χ2v) is 17.4. The monoisotopic (exact) mass is 958 g/mol. The van der Waals surface area contributed by atoms with Crippen LogP contribution in [-0.4, -0.2) is 43.8 Å². The number of aliphatic carboxylic acids is 2. The molecule has 0 unspecified atom stereocenters. The maximum Gasteiger partial charge on any atom is 0.308 e. The summed E-state index contributed by atoms with van der Waals surface area (Å²) in [6.07, 6.45) is 0. The number of benzene rings is 8. The first-order valence-electron chi connectivity index (χ1n) is 23.4. The molecular formula is C60H50N2O10. The normalized spacial score (nSPS) is 15.8. The Labute approximate surface area is 416 Å². The maximum atomic E-state index is 15.0. The van der Waals surface area contributed by atoms with Crippen LogP contribution in [-0.2, 0) is 45.4 Å². The molecule has 0 radical (unpaired) electrons. The molecule has 1 aliphatic rings. The zero-order valence-electron chi connectivity index (χ0n) is 39.0. The average molecular weight is 959 g/mol. The molecule has 0 aromatic heterocycles. The number of carbonyl (C=O) groups excluding carboxylic acids is 2. The summed E-state index contributed by atoms with van der Waals surface area (Å²) in [5.74, 6) is -5.91. The van der Waals surface area contributed by atoms with Crippen molar-refractivity contribution in [3.8, 4) is 46.0 Å². The van der Waals surface area contributed by atoms with Gasteiger partial charge >= 0.3 is 11.9 Å². The van der Waals surface area contributed by atoms with Crippen LogP contribution in [0.25, 0.3) is 0 Å². The van der Waals surface area contributed by atoms with E-state index in [1.165, 1.54) is 9.80 Å². The van der Waals surface area contributed by atoms with Crippen molar-refractivity contribution >= 4 is 23.8 Å². The van der Waals surface area contributed by atoms with Gasteiger partial charge in [-0.2, -0.15) is 0 Å². The van der Waals surface area contributed by atoms with E-state index in [9.17, 15) is 19.8 Å². The van der Waals surface area contributed by atoms with Crippen molar-refractivity contribution in [2.75, 3.05) is 0 Å². The summed E-state index contributed by atoms with van der Waals surface area (Å²) in [4.78, 5) is 59.8. The van der Waals surface area contributed by atoms with Gasteiger partial charge in [-0.25, -0.2) is 0 Å². The molecule has 0 saturated heterocycles. The van der Waals surface area contributed by atoms with E-state index in [0.717, 1.165) is 0 Å². The van der Waals surface area contributed by atoms with Crippen molar-refractivity contribution in [2.45, 2.75) is 26.2 Å². The molecule has 2 N–H and O–H groups in total. The Bertz CT molecular complexity index is 2670. The highest BCUT2D eigenvalue weighted by Gasteiger charge is 2.65. The van der Waals surface area contributed by atoms with Crippen LogP contribution in [0.1, 0.15) is 22.3 Å². The molecule has 1 saturated carbocycles. The fourth-order valence-electron chi connectivity index (χ4n) is 8.85. The van der Waals surface area contributed by atoms with Crippen LogP contribution < -0.4 is 18.9 Å². The number of para-hydroxylation sites is 4. The number of carbonyl (C=O) groups is 4.